The minimum absolute atomic E-state index is 0.440. The lowest BCUT2D eigenvalue weighted by molar-refractivity contribution is 0.0212. The van der Waals surface area contributed by atoms with Gasteiger partial charge in [-0.15, -0.1) is 0 Å². The molecule has 4 heteroatoms. The second-order valence-electron chi connectivity index (χ2n) is 6.68. The highest BCUT2D eigenvalue weighted by Crippen LogP contribution is 2.37. The highest BCUT2D eigenvalue weighted by Gasteiger charge is 2.31. The van der Waals surface area contributed by atoms with E-state index in [0.29, 0.717) is 17.7 Å². The Morgan fingerprint density at radius 2 is 1.73 bits per heavy atom. The van der Waals surface area contributed by atoms with Crippen molar-refractivity contribution in [2.75, 3.05) is 39.4 Å². The topological polar surface area (TPSA) is 44.7 Å². The summed E-state index contributed by atoms with van der Waals surface area (Å²) in [7, 11) is 0. The molecule has 2 aliphatic rings. The molecule has 0 aromatic heterocycles. The molecule has 2 N–H and O–H groups in total. The number of aromatic hydroxyl groups is 1. The van der Waals surface area contributed by atoms with Gasteiger partial charge in [0.05, 0.1) is 0 Å². The van der Waals surface area contributed by atoms with Crippen molar-refractivity contribution in [1.82, 2.24) is 10.2 Å². The normalized spacial score (nSPS) is 22.6. The van der Waals surface area contributed by atoms with E-state index in [-0.39, 0.29) is 0 Å². The quantitative estimate of drug-likeness (QED) is 0.900. The van der Waals surface area contributed by atoms with Crippen molar-refractivity contribution in [1.29, 1.82) is 0 Å². The largest absolute Gasteiger partial charge is 0.507 e. The molecule has 4 nitrogen and oxygen atoms in total. The van der Waals surface area contributed by atoms with Gasteiger partial charge in [-0.3, -0.25) is 4.90 Å². The molecule has 0 saturated carbocycles. The lowest BCUT2D eigenvalue weighted by Crippen LogP contribution is -2.47. The van der Waals surface area contributed by atoms with Crippen molar-refractivity contribution in [3.8, 4) is 5.75 Å². The molecule has 2 saturated heterocycles. The van der Waals surface area contributed by atoms with E-state index in [4.69, 9.17) is 4.74 Å². The van der Waals surface area contributed by atoms with Crippen molar-refractivity contribution in [2.24, 2.45) is 5.92 Å². The van der Waals surface area contributed by atoms with Crippen LogP contribution in [-0.2, 0) is 4.74 Å². The molecule has 1 atom stereocenters. The summed E-state index contributed by atoms with van der Waals surface area (Å²) in [6.45, 7) is 10.1. The smallest absolute Gasteiger partial charge is 0.121 e. The highest BCUT2D eigenvalue weighted by molar-refractivity contribution is 5.43. The number of nitrogens with one attached hydrogen (secondary N) is 1. The Morgan fingerprint density at radius 1 is 1.14 bits per heavy atom. The maximum Gasteiger partial charge on any atom is 0.121 e. The van der Waals surface area contributed by atoms with Crippen LogP contribution in [0.15, 0.2) is 12.1 Å². The van der Waals surface area contributed by atoms with Gasteiger partial charge in [-0.25, -0.2) is 0 Å². The van der Waals surface area contributed by atoms with E-state index in [1.807, 2.05) is 13.8 Å². The molecule has 122 valence electrons. The number of ether oxygens (including phenoxy) is 1. The maximum absolute atomic E-state index is 10.1. The van der Waals surface area contributed by atoms with Crippen LogP contribution in [0.4, 0.5) is 0 Å². The number of hydrogen-bond donors (Lipinski definition) is 2. The average molecular weight is 304 g/mol. The Balaban J connectivity index is 1.92. The van der Waals surface area contributed by atoms with Gasteiger partial charge < -0.3 is 15.2 Å². The van der Waals surface area contributed by atoms with Crippen molar-refractivity contribution in [3.63, 3.8) is 0 Å². The summed E-state index contributed by atoms with van der Waals surface area (Å²) in [6.07, 6.45) is 2.27. The molecule has 2 heterocycles. The number of benzene rings is 1. The molecule has 22 heavy (non-hydrogen) atoms. The fraction of sp³-hybridized carbons (Fsp3) is 0.667. The number of phenols is 1. The van der Waals surface area contributed by atoms with Gasteiger partial charge in [0, 0.05) is 45.4 Å². The Labute approximate surface area is 133 Å². The van der Waals surface area contributed by atoms with Gasteiger partial charge in [-0.2, -0.15) is 0 Å². The van der Waals surface area contributed by atoms with E-state index >= 15 is 0 Å². The van der Waals surface area contributed by atoms with E-state index < -0.39 is 0 Å². The molecule has 1 aromatic carbocycles. The van der Waals surface area contributed by atoms with Crippen molar-refractivity contribution in [2.45, 2.75) is 32.7 Å². The van der Waals surface area contributed by atoms with Gasteiger partial charge >= 0.3 is 0 Å². The zero-order valence-corrected chi connectivity index (χ0v) is 13.8. The standard InChI is InChI=1S/C18H28N2O2/c1-13-11-16(12-14(2)18(13)21)17(15-3-9-22-10-4-15)20-7-5-19-6-8-20/h11-12,15,17,19,21H,3-10H2,1-2H3/t17-/m0/s1. The van der Waals surface area contributed by atoms with Crippen LogP contribution in [-0.4, -0.2) is 49.4 Å². The molecule has 1 aromatic rings. The third-order valence-corrected chi connectivity index (χ3v) is 5.11. The van der Waals surface area contributed by atoms with Crippen LogP contribution in [0.3, 0.4) is 0 Å². The summed E-state index contributed by atoms with van der Waals surface area (Å²) in [5.41, 5.74) is 3.34. The van der Waals surface area contributed by atoms with E-state index in [1.54, 1.807) is 0 Å². The van der Waals surface area contributed by atoms with Gasteiger partial charge in [0.2, 0.25) is 0 Å². The molecular weight excluding hydrogens is 276 g/mol. The first-order valence-electron chi connectivity index (χ1n) is 8.49. The Morgan fingerprint density at radius 3 is 2.32 bits per heavy atom. The van der Waals surface area contributed by atoms with E-state index in [9.17, 15) is 5.11 Å². The Hall–Kier alpha value is -1.10. The van der Waals surface area contributed by atoms with Crippen molar-refractivity contribution >= 4 is 0 Å². The summed E-state index contributed by atoms with van der Waals surface area (Å²) in [5, 5.41) is 13.5. The summed E-state index contributed by atoms with van der Waals surface area (Å²) in [6, 6.07) is 4.82. The summed E-state index contributed by atoms with van der Waals surface area (Å²) < 4.78 is 5.57. The van der Waals surface area contributed by atoms with Crippen LogP contribution in [0.1, 0.15) is 35.6 Å². The Bertz CT molecular complexity index is 465. The highest BCUT2D eigenvalue weighted by atomic mass is 16.5. The lowest BCUT2D eigenvalue weighted by Gasteiger charge is -2.41. The minimum Gasteiger partial charge on any atom is -0.507 e. The molecule has 0 unspecified atom stereocenters. The number of aryl methyl sites for hydroxylation is 2. The van der Waals surface area contributed by atoms with E-state index in [2.05, 4.69) is 22.3 Å². The fourth-order valence-corrected chi connectivity index (χ4v) is 3.93. The van der Waals surface area contributed by atoms with Crippen LogP contribution in [0.25, 0.3) is 0 Å². The van der Waals surface area contributed by atoms with Crippen molar-refractivity contribution < 1.29 is 9.84 Å². The number of rotatable bonds is 3. The van der Waals surface area contributed by atoms with Crippen LogP contribution in [0.2, 0.25) is 0 Å². The lowest BCUT2D eigenvalue weighted by atomic mass is 9.84. The second-order valence-corrected chi connectivity index (χ2v) is 6.68. The zero-order valence-electron chi connectivity index (χ0n) is 13.8. The molecule has 0 bridgehead atoms. The summed E-state index contributed by atoms with van der Waals surface area (Å²) in [4.78, 5) is 2.62. The molecular formula is C18H28N2O2. The minimum atomic E-state index is 0.440. The number of hydrogen-bond acceptors (Lipinski definition) is 4. The van der Waals surface area contributed by atoms with Crippen LogP contribution in [0, 0.1) is 19.8 Å². The SMILES string of the molecule is Cc1cc([C@H](C2CCOCC2)N2CCNCC2)cc(C)c1O. The maximum atomic E-state index is 10.1. The van der Waals surface area contributed by atoms with Crippen LogP contribution in [0.5, 0.6) is 5.75 Å². The van der Waals surface area contributed by atoms with E-state index in [1.165, 1.54) is 5.56 Å². The van der Waals surface area contributed by atoms with Gasteiger partial charge in [-0.05, 0) is 49.3 Å². The Kier molecular flexibility index (Phi) is 5.01. The third kappa shape index (κ3) is 3.29. The summed E-state index contributed by atoms with van der Waals surface area (Å²) in [5.74, 6) is 1.09. The van der Waals surface area contributed by atoms with Gasteiger partial charge in [-0.1, -0.05) is 12.1 Å². The van der Waals surface area contributed by atoms with Gasteiger partial charge in [0.15, 0.2) is 0 Å². The number of phenolic OH excluding ortho intramolecular Hbond substituents is 1. The molecule has 0 amide bonds. The summed E-state index contributed by atoms with van der Waals surface area (Å²) >= 11 is 0. The third-order valence-electron chi connectivity index (χ3n) is 5.11. The first kappa shape index (κ1) is 15.8. The van der Waals surface area contributed by atoms with Crippen LogP contribution < -0.4 is 5.32 Å². The first-order chi connectivity index (χ1) is 10.7. The predicted octanol–water partition coefficient (Wildman–Crippen LogP) is 2.38. The molecule has 0 spiro atoms. The van der Waals surface area contributed by atoms with E-state index in [0.717, 1.165) is 63.4 Å². The fourth-order valence-electron chi connectivity index (χ4n) is 3.93. The molecule has 3 rings (SSSR count). The predicted molar refractivity (Wildman–Crippen MR) is 88.3 cm³/mol. The van der Waals surface area contributed by atoms with Gasteiger partial charge in [0.1, 0.15) is 5.75 Å². The van der Waals surface area contributed by atoms with Gasteiger partial charge in [0.25, 0.3) is 0 Å². The molecule has 0 aliphatic carbocycles. The molecule has 0 radical (unpaired) electrons. The number of piperazine rings is 1. The number of nitrogens with zero attached hydrogens (tertiary/aromatic N) is 1. The molecule has 2 fully saturated rings. The average Bonchev–Trinajstić information content (AvgIpc) is 2.55. The molecule has 2 aliphatic heterocycles. The second kappa shape index (κ2) is 6.99. The van der Waals surface area contributed by atoms with Crippen molar-refractivity contribution in [3.05, 3.63) is 28.8 Å². The monoisotopic (exact) mass is 304 g/mol. The zero-order chi connectivity index (χ0) is 15.5. The van der Waals surface area contributed by atoms with Crippen LogP contribution >= 0.6 is 0 Å². The first-order valence-corrected chi connectivity index (χ1v) is 8.49.